The number of H-pyrrole nitrogens is 1. The second-order valence-corrected chi connectivity index (χ2v) is 10.3. The van der Waals surface area contributed by atoms with Gasteiger partial charge in [-0.25, -0.2) is 0 Å². The summed E-state index contributed by atoms with van der Waals surface area (Å²) in [6, 6.07) is 16.6. The summed E-state index contributed by atoms with van der Waals surface area (Å²) in [5.74, 6) is 0.223. The summed E-state index contributed by atoms with van der Waals surface area (Å²) in [6.45, 7) is 5.13. The van der Waals surface area contributed by atoms with E-state index in [1.807, 2.05) is 23.2 Å². The average Bonchev–Trinajstić information content (AvgIpc) is 3.44. The Balaban J connectivity index is 1.31. The van der Waals surface area contributed by atoms with Gasteiger partial charge in [-0.15, -0.1) is 11.3 Å². The monoisotopic (exact) mass is 478 g/mol. The summed E-state index contributed by atoms with van der Waals surface area (Å²) in [7, 11) is 0. The number of amides is 1. The van der Waals surface area contributed by atoms with Crippen LogP contribution in [-0.2, 0) is 17.9 Å². The minimum absolute atomic E-state index is 0.0883. The van der Waals surface area contributed by atoms with Gasteiger partial charge in [-0.2, -0.15) is 0 Å². The molecule has 0 spiro atoms. The van der Waals surface area contributed by atoms with Gasteiger partial charge < -0.3 is 9.88 Å². The molecule has 1 aliphatic rings. The Kier molecular flexibility index (Phi) is 6.49. The number of hydrogen-bond acceptors (Lipinski definition) is 4. The molecule has 0 saturated carbocycles. The van der Waals surface area contributed by atoms with Gasteiger partial charge in [0, 0.05) is 53.5 Å². The number of aromatic nitrogens is 2. The summed E-state index contributed by atoms with van der Waals surface area (Å²) in [5.41, 5.74) is 4.51. The topological polar surface area (TPSA) is 52.2 Å². The molecule has 0 unspecified atom stereocenters. The average molecular weight is 479 g/mol. The lowest BCUT2D eigenvalue weighted by atomic mass is 10.0. The van der Waals surface area contributed by atoms with Crippen molar-refractivity contribution >= 4 is 39.7 Å². The lowest BCUT2D eigenvalue weighted by molar-refractivity contribution is -0.143. The second kappa shape index (κ2) is 9.67. The van der Waals surface area contributed by atoms with Crippen molar-refractivity contribution in [2.75, 3.05) is 13.1 Å². The highest BCUT2D eigenvalue weighted by atomic mass is 35.5. The number of carbonyl (C=O) groups is 1. The molecule has 4 heterocycles. The zero-order chi connectivity index (χ0) is 22.8. The number of aromatic amines is 1. The summed E-state index contributed by atoms with van der Waals surface area (Å²) < 4.78 is 0.798. The van der Waals surface area contributed by atoms with Gasteiger partial charge in [0.1, 0.15) is 0 Å². The first-order valence-corrected chi connectivity index (χ1v) is 12.6. The predicted octanol–water partition coefficient (Wildman–Crippen LogP) is 5.96. The van der Waals surface area contributed by atoms with Crippen LogP contribution in [0.5, 0.6) is 0 Å². The van der Waals surface area contributed by atoms with Crippen LogP contribution in [0.1, 0.15) is 31.0 Å². The normalized spacial score (nSPS) is 17.2. The molecule has 0 radical (unpaired) electrons. The number of rotatable bonds is 7. The van der Waals surface area contributed by atoms with Gasteiger partial charge in [-0.3, -0.25) is 14.7 Å². The van der Waals surface area contributed by atoms with Gasteiger partial charge in [0.25, 0.3) is 0 Å². The number of thiophene rings is 1. The molecule has 1 atom stereocenters. The quantitative estimate of drug-likeness (QED) is 0.356. The maximum absolute atomic E-state index is 13.5. The minimum Gasteiger partial charge on any atom is -0.357 e. The molecule has 1 fully saturated rings. The van der Waals surface area contributed by atoms with Crippen LogP contribution in [0.2, 0.25) is 4.34 Å². The molecule has 1 N–H and O–H groups in total. The fourth-order valence-corrected chi connectivity index (χ4v) is 5.70. The number of hydrogen-bond donors (Lipinski definition) is 1. The zero-order valence-electron chi connectivity index (χ0n) is 18.6. The van der Waals surface area contributed by atoms with E-state index in [0.29, 0.717) is 6.54 Å². The van der Waals surface area contributed by atoms with Gasteiger partial charge in [0.15, 0.2) is 0 Å². The lowest BCUT2D eigenvalue weighted by Crippen LogP contribution is -2.56. The SMILES string of the molecule is CCC[C@H]1C(=O)N(Cc2cc3cnccc3[nH]2)CCN1Cc1cccc(-c2ccc(Cl)s2)c1. The molecule has 0 bridgehead atoms. The standard InChI is InChI=1S/C26H27ClN4OS/c1-2-4-23-26(32)31(17-21-14-20-15-28-10-9-22(20)29-21)12-11-30(23)16-18-5-3-6-19(13-18)24-7-8-25(27)33-24/h3,5-10,13-15,23,29H,2,4,11-12,16-17H2,1H3/t23-/m0/s1. The molecule has 1 aliphatic heterocycles. The Morgan fingerprint density at radius 3 is 2.85 bits per heavy atom. The molecule has 4 aromatic rings. The molecule has 33 heavy (non-hydrogen) atoms. The van der Waals surface area contributed by atoms with E-state index in [-0.39, 0.29) is 11.9 Å². The molecule has 5 rings (SSSR count). The Hall–Kier alpha value is -2.67. The molecule has 1 aromatic carbocycles. The van der Waals surface area contributed by atoms with Crippen molar-refractivity contribution in [3.05, 3.63) is 76.5 Å². The van der Waals surface area contributed by atoms with E-state index in [2.05, 4.69) is 58.2 Å². The first kappa shape index (κ1) is 22.1. The molecule has 1 saturated heterocycles. The highest BCUT2D eigenvalue weighted by Crippen LogP contribution is 2.32. The van der Waals surface area contributed by atoms with E-state index in [0.717, 1.165) is 53.4 Å². The molecule has 1 amide bonds. The van der Waals surface area contributed by atoms with E-state index in [1.165, 1.54) is 16.0 Å². The highest BCUT2D eigenvalue weighted by Gasteiger charge is 2.34. The van der Waals surface area contributed by atoms with Crippen LogP contribution in [-0.4, -0.2) is 44.8 Å². The molecule has 5 nitrogen and oxygen atoms in total. The van der Waals surface area contributed by atoms with Gasteiger partial charge in [0.05, 0.1) is 16.9 Å². The summed E-state index contributed by atoms with van der Waals surface area (Å²) >= 11 is 7.72. The molecular formula is C26H27ClN4OS. The Morgan fingerprint density at radius 1 is 1.15 bits per heavy atom. The summed E-state index contributed by atoms with van der Waals surface area (Å²) in [4.78, 5) is 26.6. The van der Waals surface area contributed by atoms with Crippen LogP contribution in [0.15, 0.2) is 60.9 Å². The Labute approximate surface area is 203 Å². The third-order valence-corrected chi connectivity index (χ3v) is 7.55. The highest BCUT2D eigenvalue weighted by molar-refractivity contribution is 7.19. The van der Waals surface area contributed by atoms with Gasteiger partial charge in [-0.05, 0) is 47.9 Å². The number of nitrogens with zero attached hydrogens (tertiary/aromatic N) is 3. The largest absolute Gasteiger partial charge is 0.357 e. The first-order valence-electron chi connectivity index (χ1n) is 11.4. The third-order valence-electron chi connectivity index (χ3n) is 6.27. The number of benzene rings is 1. The van der Waals surface area contributed by atoms with Crippen molar-refractivity contribution < 1.29 is 4.79 Å². The van der Waals surface area contributed by atoms with Crippen molar-refractivity contribution in [1.82, 2.24) is 19.8 Å². The maximum Gasteiger partial charge on any atom is 0.240 e. The molecule has 7 heteroatoms. The lowest BCUT2D eigenvalue weighted by Gasteiger charge is -2.40. The zero-order valence-corrected chi connectivity index (χ0v) is 20.2. The molecule has 3 aromatic heterocycles. The maximum atomic E-state index is 13.5. The second-order valence-electron chi connectivity index (χ2n) is 8.60. The minimum atomic E-state index is -0.0883. The van der Waals surface area contributed by atoms with Crippen molar-refractivity contribution in [2.24, 2.45) is 0 Å². The number of fused-ring (bicyclic) bond motifs is 1. The van der Waals surface area contributed by atoms with Crippen LogP contribution < -0.4 is 0 Å². The predicted molar refractivity (Wildman–Crippen MR) is 135 cm³/mol. The third kappa shape index (κ3) is 4.83. The van der Waals surface area contributed by atoms with Crippen molar-refractivity contribution in [3.63, 3.8) is 0 Å². The fraction of sp³-hybridized carbons (Fsp3) is 0.308. The van der Waals surface area contributed by atoms with Gasteiger partial charge >= 0.3 is 0 Å². The smallest absolute Gasteiger partial charge is 0.240 e. The van der Waals surface area contributed by atoms with E-state index < -0.39 is 0 Å². The summed E-state index contributed by atoms with van der Waals surface area (Å²) in [6.07, 6.45) is 5.48. The van der Waals surface area contributed by atoms with E-state index >= 15 is 0 Å². The molecule has 0 aliphatic carbocycles. The van der Waals surface area contributed by atoms with Crippen LogP contribution in [0.3, 0.4) is 0 Å². The van der Waals surface area contributed by atoms with Crippen molar-refractivity contribution in [1.29, 1.82) is 0 Å². The molecule has 170 valence electrons. The number of piperazine rings is 1. The Morgan fingerprint density at radius 2 is 2.06 bits per heavy atom. The van der Waals surface area contributed by atoms with E-state index in [1.54, 1.807) is 17.5 Å². The number of pyridine rings is 1. The van der Waals surface area contributed by atoms with Gasteiger partial charge in [-0.1, -0.05) is 43.1 Å². The van der Waals surface area contributed by atoms with E-state index in [9.17, 15) is 4.79 Å². The van der Waals surface area contributed by atoms with Crippen molar-refractivity contribution in [2.45, 2.75) is 38.9 Å². The first-order chi connectivity index (χ1) is 16.1. The molecular weight excluding hydrogens is 452 g/mol. The Bertz CT molecular complexity index is 1230. The van der Waals surface area contributed by atoms with Crippen LogP contribution >= 0.6 is 22.9 Å². The van der Waals surface area contributed by atoms with Crippen molar-refractivity contribution in [3.8, 4) is 10.4 Å². The van der Waals surface area contributed by atoms with Crippen LogP contribution in [0, 0.1) is 0 Å². The van der Waals surface area contributed by atoms with E-state index in [4.69, 9.17) is 11.6 Å². The number of carbonyl (C=O) groups excluding carboxylic acids is 1. The number of halogens is 1. The number of nitrogens with one attached hydrogen (secondary N) is 1. The van der Waals surface area contributed by atoms with Crippen LogP contribution in [0.25, 0.3) is 21.3 Å². The van der Waals surface area contributed by atoms with Gasteiger partial charge in [0.2, 0.25) is 5.91 Å². The van der Waals surface area contributed by atoms with Crippen LogP contribution in [0.4, 0.5) is 0 Å². The fourth-order valence-electron chi connectivity index (χ4n) is 4.66. The summed E-state index contributed by atoms with van der Waals surface area (Å²) in [5, 5.41) is 1.08.